The van der Waals surface area contributed by atoms with Crippen molar-refractivity contribution >= 4 is 7.26 Å². The Bertz CT molecular complexity index is 695. The second-order valence-electron chi connectivity index (χ2n) is 22.3. The van der Waals surface area contributed by atoms with Gasteiger partial charge >= 0.3 is 0 Å². The Labute approximate surface area is 410 Å². The van der Waals surface area contributed by atoms with E-state index in [1.54, 1.807) is 50.3 Å². The van der Waals surface area contributed by atoms with Crippen molar-refractivity contribution < 1.29 is 0 Å². The summed E-state index contributed by atoms with van der Waals surface area (Å²) in [6.07, 6.45) is 88.7. The van der Waals surface area contributed by atoms with Gasteiger partial charge in [-0.05, 0) is 51.4 Å². The van der Waals surface area contributed by atoms with Gasteiger partial charge in [0.05, 0.1) is 24.6 Å². The Kier molecular flexibility index (Phi) is 58.1. The van der Waals surface area contributed by atoms with Gasteiger partial charge in [-0.15, -0.1) is 0 Å². The van der Waals surface area contributed by atoms with E-state index in [9.17, 15) is 0 Å². The van der Waals surface area contributed by atoms with Gasteiger partial charge in [0.15, 0.2) is 0 Å². The first-order valence-corrected chi connectivity index (χ1v) is 34.1. The molecule has 1 heteroatoms. The summed E-state index contributed by atoms with van der Waals surface area (Å²) >= 11 is 0. The monoisotopic (exact) mass is 918 g/mol. The predicted octanol–water partition coefficient (Wildman–Crippen LogP) is 24.5. The fraction of sp³-hybridized carbons (Fsp3) is 1.00. The first-order chi connectivity index (χ1) is 31.7. The summed E-state index contributed by atoms with van der Waals surface area (Å²) in [6.45, 7) is 9.39. The molecule has 0 unspecified atom stereocenters. The summed E-state index contributed by atoms with van der Waals surface area (Å²) in [5.41, 5.74) is 0. The summed E-state index contributed by atoms with van der Waals surface area (Å²) < 4.78 is 0. The Hall–Kier alpha value is 0.430. The molecule has 0 aromatic carbocycles. The second-order valence-corrected chi connectivity index (χ2v) is 26.7. The van der Waals surface area contributed by atoms with Crippen LogP contribution in [-0.2, 0) is 0 Å². The molecule has 0 atom stereocenters. The molecule has 0 aromatic heterocycles. The molecule has 64 heavy (non-hydrogen) atoms. The zero-order valence-electron chi connectivity index (χ0n) is 46.2. The van der Waals surface area contributed by atoms with Crippen LogP contribution in [0.2, 0.25) is 0 Å². The van der Waals surface area contributed by atoms with E-state index in [0.717, 1.165) is 0 Å². The van der Waals surface area contributed by atoms with Crippen molar-refractivity contribution in [2.24, 2.45) is 0 Å². The van der Waals surface area contributed by atoms with Crippen LogP contribution >= 0.6 is 7.26 Å². The molecule has 0 saturated heterocycles. The molecule has 0 fully saturated rings. The minimum Gasteiger partial charge on any atom is -0.0654 e. The van der Waals surface area contributed by atoms with Gasteiger partial charge < -0.3 is 0 Å². The third-order valence-corrected chi connectivity index (χ3v) is 20.8. The van der Waals surface area contributed by atoms with Crippen molar-refractivity contribution in [1.82, 2.24) is 0 Å². The molecular formula is C63H130P+. The molecule has 0 aliphatic carbocycles. The quantitative estimate of drug-likeness (QED) is 0.0421. The van der Waals surface area contributed by atoms with Crippen LogP contribution < -0.4 is 0 Å². The molecule has 0 bridgehead atoms. The maximum Gasteiger partial charge on any atom is 0.0594 e. The lowest BCUT2D eigenvalue weighted by Crippen LogP contribution is -2.13. The van der Waals surface area contributed by atoms with Gasteiger partial charge in [-0.25, -0.2) is 0 Å². The minimum atomic E-state index is -0.806. The summed E-state index contributed by atoms with van der Waals surface area (Å²) in [5, 5.41) is 0. The van der Waals surface area contributed by atoms with Gasteiger partial charge in [0, 0.05) is 7.26 Å². The van der Waals surface area contributed by atoms with E-state index in [1.807, 2.05) is 0 Å². The lowest BCUT2D eigenvalue weighted by molar-refractivity contribution is 0.528. The van der Waals surface area contributed by atoms with E-state index < -0.39 is 7.26 Å². The maximum atomic E-state index is 2.41. The maximum absolute atomic E-state index is 2.41. The molecule has 0 N–H and O–H groups in total. The Balaban J connectivity index is 4.55. The number of hydrogen-bond donors (Lipinski definition) is 0. The van der Waals surface area contributed by atoms with Crippen molar-refractivity contribution in [3.05, 3.63) is 0 Å². The molecule has 0 aromatic rings. The highest BCUT2D eigenvalue weighted by Gasteiger charge is 2.35. The molecular weight excluding hydrogens is 788 g/mol. The molecule has 0 rings (SSSR count). The van der Waals surface area contributed by atoms with Gasteiger partial charge in [-0.1, -0.05) is 329 Å². The Morgan fingerprint density at radius 1 is 0.125 bits per heavy atom. The van der Waals surface area contributed by atoms with Crippen LogP contribution in [0.5, 0.6) is 0 Å². The molecule has 386 valence electrons. The molecule has 0 heterocycles. The van der Waals surface area contributed by atoms with E-state index in [1.165, 1.54) is 327 Å². The van der Waals surface area contributed by atoms with Gasteiger partial charge in [0.25, 0.3) is 0 Å². The molecule has 0 saturated carbocycles. The topological polar surface area (TPSA) is 0 Å². The van der Waals surface area contributed by atoms with Crippen LogP contribution in [0.4, 0.5) is 0 Å². The third-order valence-electron chi connectivity index (χ3n) is 15.7. The van der Waals surface area contributed by atoms with Crippen molar-refractivity contribution in [2.75, 3.05) is 24.6 Å². The normalized spacial score (nSPS) is 12.0. The summed E-state index contributed by atoms with van der Waals surface area (Å²) in [4.78, 5) is 0. The van der Waals surface area contributed by atoms with Gasteiger partial charge in [-0.2, -0.15) is 0 Å². The van der Waals surface area contributed by atoms with E-state index >= 15 is 0 Å². The first kappa shape index (κ1) is 64.4. The first-order valence-electron chi connectivity index (χ1n) is 31.6. The van der Waals surface area contributed by atoms with Crippen LogP contribution in [0, 0.1) is 0 Å². The van der Waals surface area contributed by atoms with Crippen molar-refractivity contribution in [2.45, 2.75) is 381 Å². The highest BCUT2D eigenvalue weighted by Crippen LogP contribution is 2.61. The number of hydrogen-bond acceptors (Lipinski definition) is 0. The highest BCUT2D eigenvalue weighted by molar-refractivity contribution is 7.75. The second kappa shape index (κ2) is 57.7. The van der Waals surface area contributed by atoms with Crippen molar-refractivity contribution in [3.63, 3.8) is 0 Å². The van der Waals surface area contributed by atoms with Crippen LogP contribution in [-0.4, -0.2) is 24.6 Å². The van der Waals surface area contributed by atoms with Crippen LogP contribution in [0.15, 0.2) is 0 Å². The Morgan fingerprint density at radius 3 is 0.344 bits per heavy atom. The Morgan fingerprint density at radius 2 is 0.219 bits per heavy atom. The fourth-order valence-electron chi connectivity index (χ4n) is 11.1. The van der Waals surface area contributed by atoms with E-state index in [4.69, 9.17) is 0 Å². The minimum absolute atomic E-state index is 0.806. The highest BCUT2D eigenvalue weighted by atomic mass is 31.2. The number of unbranched alkanes of at least 4 members (excludes halogenated alkanes) is 51. The summed E-state index contributed by atoms with van der Waals surface area (Å²) in [6, 6.07) is 0. The van der Waals surface area contributed by atoms with Gasteiger partial charge in [0.2, 0.25) is 0 Å². The van der Waals surface area contributed by atoms with Gasteiger partial charge in [0.1, 0.15) is 0 Å². The third kappa shape index (κ3) is 51.8. The summed E-state index contributed by atoms with van der Waals surface area (Å²) in [7, 11) is -0.806. The van der Waals surface area contributed by atoms with E-state index in [0.29, 0.717) is 0 Å². The van der Waals surface area contributed by atoms with Gasteiger partial charge in [-0.3, -0.25) is 0 Å². The standard InChI is InChI=1S/C63H130P/c1-5-9-13-17-20-23-26-29-32-35-38-41-44-47-50-53-57-61-64(60-56-16-12-8-4,62-58-54-51-48-45-42-39-36-33-30-27-24-21-18-14-10-6-2)63-59-55-52-49-46-43-40-37-34-31-28-25-22-19-15-11-7-3/h5-63H2,1-4H3/q+1. The molecule has 0 spiro atoms. The zero-order chi connectivity index (χ0) is 46.2. The predicted molar refractivity (Wildman–Crippen MR) is 303 cm³/mol. The molecule has 0 aliphatic rings. The van der Waals surface area contributed by atoms with Crippen molar-refractivity contribution in [1.29, 1.82) is 0 Å². The smallest absolute Gasteiger partial charge is 0.0594 e. The zero-order valence-corrected chi connectivity index (χ0v) is 47.1. The average Bonchev–Trinajstić information content (AvgIpc) is 3.30. The fourth-order valence-corrected chi connectivity index (χ4v) is 16.0. The van der Waals surface area contributed by atoms with Crippen LogP contribution in [0.25, 0.3) is 0 Å². The van der Waals surface area contributed by atoms with E-state index in [-0.39, 0.29) is 0 Å². The number of rotatable bonds is 59. The lowest BCUT2D eigenvalue weighted by atomic mass is 10.0. The van der Waals surface area contributed by atoms with Crippen molar-refractivity contribution in [3.8, 4) is 0 Å². The lowest BCUT2D eigenvalue weighted by Gasteiger charge is -2.28. The van der Waals surface area contributed by atoms with Crippen LogP contribution in [0.3, 0.4) is 0 Å². The van der Waals surface area contributed by atoms with E-state index in [2.05, 4.69) is 27.7 Å². The average molecular weight is 919 g/mol. The molecule has 0 nitrogen and oxygen atoms in total. The molecule has 0 radical (unpaired) electrons. The SMILES string of the molecule is CCCCCCCCCCCCCCCCCCC[P+](CCCCCC)(CCCCCCCCCCCCCCCCCCC)CCCCCCCCCCCCCCCCCCC. The largest absolute Gasteiger partial charge is 0.0654 e. The van der Waals surface area contributed by atoms with Crippen LogP contribution in [0.1, 0.15) is 381 Å². The summed E-state index contributed by atoms with van der Waals surface area (Å²) in [5.74, 6) is 0. The molecule has 0 aliphatic heterocycles. The molecule has 0 amide bonds.